The smallest absolute Gasteiger partial charge is 0.221 e. The number of nitrogens with zero attached hydrogens (tertiary/aromatic N) is 1. The number of amides is 1. The molecule has 0 aliphatic rings. The quantitative estimate of drug-likeness (QED) is 0.244. The van der Waals surface area contributed by atoms with E-state index in [2.05, 4.69) is 20.9 Å². The molecular weight excluding hydrogens is 431 g/mol. The lowest BCUT2D eigenvalue weighted by atomic mass is 10.1. The van der Waals surface area contributed by atoms with Crippen molar-refractivity contribution in [1.82, 2.24) is 16.0 Å². The summed E-state index contributed by atoms with van der Waals surface area (Å²) >= 11 is 0. The maximum absolute atomic E-state index is 11.6. The SMILES string of the molecule is CCCNC(=O)CCNC(=NCCC(O)c1ccccc1)NCC.I. The zero-order valence-corrected chi connectivity index (χ0v) is 17.5. The summed E-state index contributed by atoms with van der Waals surface area (Å²) in [4.78, 5) is 16.0. The molecule has 1 amide bonds. The second-order valence-corrected chi connectivity index (χ2v) is 5.50. The normalized spacial score (nSPS) is 12.0. The molecule has 0 saturated carbocycles. The van der Waals surface area contributed by atoms with Crippen molar-refractivity contribution in [3.63, 3.8) is 0 Å². The highest BCUT2D eigenvalue weighted by Gasteiger charge is 2.06. The lowest BCUT2D eigenvalue weighted by Gasteiger charge is -2.13. The average Bonchev–Trinajstić information content (AvgIpc) is 2.60. The van der Waals surface area contributed by atoms with Crippen LogP contribution in [0.2, 0.25) is 0 Å². The van der Waals surface area contributed by atoms with Gasteiger partial charge < -0.3 is 21.1 Å². The van der Waals surface area contributed by atoms with Gasteiger partial charge in [-0.05, 0) is 25.3 Å². The summed E-state index contributed by atoms with van der Waals surface area (Å²) < 4.78 is 0. The first-order chi connectivity index (χ1) is 11.7. The summed E-state index contributed by atoms with van der Waals surface area (Å²) in [5, 5.41) is 19.3. The van der Waals surface area contributed by atoms with E-state index in [1.807, 2.05) is 44.2 Å². The number of halogens is 1. The molecule has 6 nitrogen and oxygen atoms in total. The Morgan fingerprint density at radius 1 is 1.12 bits per heavy atom. The van der Waals surface area contributed by atoms with Crippen molar-refractivity contribution >= 4 is 35.8 Å². The van der Waals surface area contributed by atoms with Crippen LogP contribution in [0.3, 0.4) is 0 Å². The molecule has 0 aromatic heterocycles. The van der Waals surface area contributed by atoms with E-state index in [1.165, 1.54) is 0 Å². The van der Waals surface area contributed by atoms with Gasteiger partial charge in [0, 0.05) is 32.6 Å². The van der Waals surface area contributed by atoms with Crippen LogP contribution in [0.5, 0.6) is 0 Å². The minimum atomic E-state index is -0.516. The van der Waals surface area contributed by atoms with Gasteiger partial charge in [-0.15, -0.1) is 24.0 Å². The molecule has 0 radical (unpaired) electrons. The van der Waals surface area contributed by atoms with E-state index in [1.54, 1.807) is 0 Å². The van der Waals surface area contributed by atoms with Gasteiger partial charge in [-0.1, -0.05) is 37.3 Å². The number of guanidine groups is 1. The number of aliphatic hydroxyl groups is 1. The Morgan fingerprint density at radius 2 is 1.84 bits per heavy atom. The van der Waals surface area contributed by atoms with Crippen molar-refractivity contribution in [2.75, 3.05) is 26.2 Å². The summed E-state index contributed by atoms with van der Waals surface area (Å²) in [6.45, 7) is 6.51. The summed E-state index contributed by atoms with van der Waals surface area (Å²) in [6, 6.07) is 9.58. The highest BCUT2D eigenvalue weighted by molar-refractivity contribution is 14.0. The predicted molar refractivity (Wildman–Crippen MR) is 113 cm³/mol. The summed E-state index contributed by atoms with van der Waals surface area (Å²) in [6.07, 6.45) is 1.39. The van der Waals surface area contributed by atoms with Gasteiger partial charge in [0.2, 0.25) is 5.91 Å². The van der Waals surface area contributed by atoms with Gasteiger partial charge in [-0.3, -0.25) is 9.79 Å². The second-order valence-electron chi connectivity index (χ2n) is 5.50. The van der Waals surface area contributed by atoms with Gasteiger partial charge in [0.15, 0.2) is 5.96 Å². The second kappa shape index (κ2) is 14.9. The molecule has 0 heterocycles. The molecule has 142 valence electrons. The molecule has 4 N–H and O–H groups in total. The number of carbonyl (C=O) groups is 1. The van der Waals surface area contributed by atoms with Crippen molar-refractivity contribution in [2.24, 2.45) is 4.99 Å². The standard InChI is InChI=1S/C18H30N4O2.HI/c1-3-12-20-17(24)11-14-22-18(19-4-2)21-13-10-16(23)15-8-6-5-7-9-15;/h5-9,16,23H,3-4,10-14H2,1-2H3,(H,20,24)(H2,19,21,22);1H. The molecule has 1 rings (SSSR count). The van der Waals surface area contributed by atoms with E-state index < -0.39 is 6.10 Å². The molecule has 1 unspecified atom stereocenters. The van der Waals surface area contributed by atoms with Gasteiger partial charge in [0.05, 0.1) is 6.10 Å². The number of benzene rings is 1. The van der Waals surface area contributed by atoms with Crippen molar-refractivity contribution in [1.29, 1.82) is 0 Å². The number of nitrogens with one attached hydrogen (secondary N) is 3. The zero-order valence-electron chi connectivity index (χ0n) is 15.1. The van der Waals surface area contributed by atoms with E-state index in [0.717, 1.165) is 18.5 Å². The first kappa shape index (κ1) is 23.6. The number of rotatable bonds is 10. The first-order valence-corrected chi connectivity index (χ1v) is 8.69. The number of carbonyl (C=O) groups excluding carboxylic acids is 1. The fourth-order valence-corrected chi connectivity index (χ4v) is 2.13. The molecule has 1 aromatic carbocycles. The molecule has 1 aromatic rings. The Labute approximate surface area is 167 Å². The fourth-order valence-electron chi connectivity index (χ4n) is 2.13. The van der Waals surface area contributed by atoms with Gasteiger partial charge in [-0.2, -0.15) is 0 Å². The molecule has 0 fully saturated rings. The molecule has 7 heteroatoms. The van der Waals surface area contributed by atoms with Crippen LogP contribution in [0, 0.1) is 0 Å². The summed E-state index contributed by atoms with van der Waals surface area (Å²) in [5.74, 6) is 0.709. The largest absolute Gasteiger partial charge is 0.388 e. The molecule has 0 aliphatic carbocycles. The van der Waals surface area contributed by atoms with Crippen LogP contribution in [0.25, 0.3) is 0 Å². The third kappa shape index (κ3) is 11.0. The van der Waals surface area contributed by atoms with Crippen molar-refractivity contribution < 1.29 is 9.90 Å². The van der Waals surface area contributed by atoms with Gasteiger partial charge in [0.25, 0.3) is 0 Å². The van der Waals surface area contributed by atoms with E-state index >= 15 is 0 Å². The van der Waals surface area contributed by atoms with Crippen LogP contribution >= 0.6 is 24.0 Å². The van der Waals surface area contributed by atoms with Crippen LogP contribution in [-0.4, -0.2) is 43.2 Å². The molecule has 0 bridgehead atoms. The maximum Gasteiger partial charge on any atom is 0.221 e. The third-order valence-electron chi connectivity index (χ3n) is 3.42. The van der Waals surface area contributed by atoms with Crippen molar-refractivity contribution in [3.8, 4) is 0 Å². The highest BCUT2D eigenvalue weighted by atomic mass is 127. The van der Waals surface area contributed by atoms with Gasteiger partial charge in [-0.25, -0.2) is 0 Å². The number of hydrogen-bond donors (Lipinski definition) is 4. The predicted octanol–water partition coefficient (Wildman–Crippen LogP) is 2.20. The zero-order chi connectivity index (χ0) is 17.6. The van der Waals surface area contributed by atoms with E-state index in [-0.39, 0.29) is 29.9 Å². The Bertz CT molecular complexity index is 497. The molecule has 1 atom stereocenters. The average molecular weight is 462 g/mol. The van der Waals surface area contributed by atoms with Crippen LogP contribution in [0.4, 0.5) is 0 Å². The number of aliphatic hydroxyl groups excluding tert-OH is 1. The van der Waals surface area contributed by atoms with Gasteiger partial charge in [0.1, 0.15) is 0 Å². The van der Waals surface area contributed by atoms with Crippen molar-refractivity contribution in [2.45, 2.75) is 39.2 Å². The Hall–Kier alpha value is -1.35. The minimum Gasteiger partial charge on any atom is -0.388 e. The molecule has 0 aliphatic heterocycles. The Balaban J connectivity index is 0.00000576. The third-order valence-corrected chi connectivity index (χ3v) is 3.42. The Morgan fingerprint density at radius 3 is 2.48 bits per heavy atom. The Kier molecular flexibility index (Phi) is 14.1. The lowest BCUT2D eigenvalue weighted by Crippen LogP contribution is -2.39. The first-order valence-electron chi connectivity index (χ1n) is 8.69. The van der Waals surface area contributed by atoms with E-state index in [0.29, 0.717) is 38.4 Å². The van der Waals surface area contributed by atoms with E-state index in [4.69, 9.17) is 0 Å². The summed E-state index contributed by atoms with van der Waals surface area (Å²) in [7, 11) is 0. The lowest BCUT2D eigenvalue weighted by molar-refractivity contribution is -0.120. The molecular formula is C18H31IN4O2. The number of hydrogen-bond acceptors (Lipinski definition) is 3. The summed E-state index contributed by atoms with van der Waals surface area (Å²) in [5.41, 5.74) is 0.901. The molecule has 0 saturated heterocycles. The monoisotopic (exact) mass is 462 g/mol. The maximum atomic E-state index is 11.6. The molecule has 0 spiro atoms. The van der Waals surface area contributed by atoms with Crippen LogP contribution in [0.1, 0.15) is 44.8 Å². The highest BCUT2D eigenvalue weighted by Crippen LogP contribution is 2.15. The topological polar surface area (TPSA) is 85.8 Å². The van der Waals surface area contributed by atoms with Crippen molar-refractivity contribution in [3.05, 3.63) is 35.9 Å². The van der Waals surface area contributed by atoms with Crippen LogP contribution in [0.15, 0.2) is 35.3 Å². The fraction of sp³-hybridized carbons (Fsp3) is 0.556. The van der Waals surface area contributed by atoms with Crippen LogP contribution in [-0.2, 0) is 4.79 Å². The van der Waals surface area contributed by atoms with Gasteiger partial charge >= 0.3 is 0 Å². The molecule has 25 heavy (non-hydrogen) atoms. The van der Waals surface area contributed by atoms with Crippen LogP contribution < -0.4 is 16.0 Å². The minimum absolute atomic E-state index is 0. The van der Waals surface area contributed by atoms with E-state index in [9.17, 15) is 9.90 Å². The number of aliphatic imine (C=N–C) groups is 1.